The summed E-state index contributed by atoms with van der Waals surface area (Å²) in [5.41, 5.74) is 1.28. The van der Waals surface area contributed by atoms with Crippen LogP contribution in [0.2, 0.25) is 10.0 Å². The van der Waals surface area contributed by atoms with Gasteiger partial charge < -0.3 is 9.84 Å². The van der Waals surface area contributed by atoms with Gasteiger partial charge in [0.2, 0.25) is 0 Å². The van der Waals surface area contributed by atoms with Gasteiger partial charge in [0.1, 0.15) is 5.52 Å². The second-order valence-corrected chi connectivity index (χ2v) is 6.05. The number of benzene rings is 1. The molecule has 0 bridgehead atoms. The molecule has 0 amide bonds. The standard InChI is InChI=1S/C15H13Cl2NO3/c1-7-2-5-9-10(16)6-11(17)14(12(9)18-7)21-13(15(19)20)8-3-4-8/h2,5-6,8,13H,3-4H2,1H3,(H,19,20). The molecule has 110 valence electrons. The average molecular weight is 326 g/mol. The Kier molecular flexibility index (Phi) is 3.68. The second-order valence-electron chi connectivity index (χ2n) is 5.23. The Labute approximate surface area is 131 Å². The molecule has 2 aromatic rings. The summed E-state index contributed by atoms with van der Waals surface area (Å²) >= 11 is 12.4. The predicted molar refractivity (Wildman–Crippen MR) is 81.3 cm³/mol. The fraction of sp³-hybridized carbons (Fsp3) is 0.333. The quantitative estimate of drug-likeness (QED) is 0.919. The summed E-state index contributed by atoms with van der Waals surface area (Å²) < 4.78 is 5.70. The second kappa shape index (κ2) is 5.35. The third kappa shape index (κ3) is 2.78. The van der Waals surface area contributed by atoms with Gasteiger partial charge in [-0.15, -0.1) is 0 Å². The molecule has 1 aliphatic carbocycles. The lowest BCUT2D eigenvalue weighted by Gasteiger charge is -2.17. The van der Waals surface area contributed by atoms with E-state index in [0.29, 0.717) is 21.7 Å². The SMILES string of the molecule is Cc1ccc2c(Cl)cc(Cl)c(OC(C(=O)O)C3CC3)c2n1. The Bertz CT molecular complexity index is 728. The lowest BCUT2D eigenvalue weighted by molar-refractivity contribution is -0.146. The molecule has 0 spiro atoms. The molecule has 1 aromatic carbocycles. The van der Waals surface area contributed by atoms with E-state index in [-0.39, 0.29) is 10.9 Å². The van der Waals surface area contributed by atoms with Crippen molar-refractivity contribution < 1.29 is 14.6 Å². The average Bonchev–Trinajstić information content (AvgIpc) is 3.22. The maximum absolute atomic E-state index is 11.4. The highest BCUT2D eigenvalue weighted by molar-refractivity contribution is 6.39. The number of fused-ring (bicyclic) bond motifs is 1. The molecule has 3 rings (SSSR count). The summed E-state index contributed by atoms with van der Waals surface area (Å²) in [6.45, 7) is 1.84. The molecular weight excluding hydrogens is 313 g/mol. The Hall–Kier alpha value is -1.52. The number of nitrogens with zero attached hydrogens (tertiary/aromatic N) is 1. The van der Waals surface area contributed by atoms with E-state index in [0.717, 1.165) is 18.5 Å². The Balaban J connectivity index is 2.12. The Morgan fingerprint density at radius 2 is 2.10 bits per heavy atom. The number of carboxylic acid groups (broad SMARTS) is 1. The molecule has 1 unspecified atom stereocenters. The van der Waals surface area contributed by atoms with Gasteiger partial charge in [0.25, 0.3) is 0 Å². The van der Waals surface area contributed by atoms with Crippen LogP contribution in [-0.4, -0.2) is 22.2 Å². The number of ether oxygens (including phenoxy) is 1. The van der Waals surface area contributed by atoms with Gasteiger partial charge in [-0.05, 0) is 38.0 Å². The molecule has 1 fully saturated rings. The molecule has 1 atom stereocenters. The van der Waals surface area contributed by atoms with Crippen LogP contribution in [0.1, 0.15) is 18.5 Å². The molecule has 1 N–H and O–H groups in total. The van der Waals surface area contributed by atoms with Crippen molar-refractivity contribution in [2.24, 2.45) is 5.92 Å². The van der Waals surface area contributed by atoms with Gasteiger partial charge in [-0.3, -0.25) is 0 Å². The number of carboxylic acids is 1. The van der Waals surface area contributed by atoms with Gasteiger partial charge >= 0.3 is 5.97 Å². The molecule has 1 aromatic heterocycles. The van der Waals surface area contributed by atoms with Crippen LogP contribution in [0.25, 0.3) is 10.9 Å². The number of aromatic nitrogens is 1. The maximum atomic E-state index is 11.4. The number of rotatable bonds is 4. The minimum Gasteiger partial charge on any atom is -0.478 e. The van der Waals surface area contributed by atoms with E-state index in [2.05, 4.69) is 4.98 Å². The van der Waals surface area contributed by atoms with Crippen molar-refractivity contribution in [3.63, 3.8) is 0 Å². The summed E-state index contributed by atoms with van der Waals surface area (Å²) in [6, 6.07) is 5.22. The number of pyridine rings is 1. The smallest absolute Gasteiger partial charge is 0.345 e. The van der Waals surface area contributed by atoms with Gasteiger partial charge in [-0.2, -0.15) is 0 Å². The van der Waals surface area contributed by atoms with Crippen molar-refractivity contribution in [3.8, 4) is 5.75 Å². The number of aliphatic carboxylic acids is 1. The zero-order chi connectivity index (χ0) is 15.1. The summed E-state index contributed by atoms with van der Waals surface area (Å²) in [6.07, 6.45) is 0.813. The first-order valence-electron chi connectivity index (χ1n) is 6.62. The Morgan fingerprint density at radius 3 is 2.71 bits per heavy atom. The molecule has 1 aliphatic rings. The van der Waals surface area contributed by atoms with Crippen LogP contribution in [-0.2, 0) is 4.79 Å². The van der Waals surface area contributed by atoms with Crippen molar-refractivity contribution in [2.75, 3.05) is 0 Å². The van der Waals surface area contributed by atoms with Gasteiger partial charge in [0.05, 0.1) is 10.0 Å². The van der Waals surface area contributed by atoms with Crippen LogP contribution in [0.3, 0.4) is 0 Å². The van der Waals surface area contributed by atoms with E-state index in [4.69, 9.17) is 27.9 Å². The molecule has 0 aliphatic heterocycles. The first-order valence-corrected chi connectivity index (χ1v) is 7.38. The van der Waals surface area contributed by atoms with Gasteiger partial charge in [0.15, 0.2) is 11.9 Å². The molecule has 4 nitrogen and oxygen atoms in total. The van der Waals surface area contributed by atoms with E-state index < -0.39 is 12.1 Å². The zero-order valence-corrected chi connectivity index (χ0v) is 12.8. The number of halogens is 2. The van der Waals surface area contributed by atoms with Crippen LogP contribution in [0.5, 0.6) is 5.75 Å². The summed E-state index contributed by atoms with van der Waals surface area (Å²) in [5.74, 6) is -0.655. The lowest BCUT2D eigenvalue weighted by Crippen LogP contribution is -2.29. The number of hydrogen-bond donors (Lipinski definition) is 1. The molecule has 6 heteroatoms. The summed E-state index contributed by atoms with van der Waals surface area (Å²) in [4.78, 5) is 15.8. The largest absolute Gasteiger partial charge is 0.478 e. The number of aryl methyl sites for hydroxylation is 1. The maximum Gasteiger partial charge on any atom is 0.345 e. The molecule has 1 saturated carbocycles. The third-order valence-corrected chi connectivity index (χ3v) is 4.11. The van der Waals surface area contributed by atoms with Crippen LogP contribution in [0.4, 0.5) is 0 Å². The molecule has 0 radical (unpaired) electrons. The van der Waals surface area contributed by atoms with E-state index in [1.807, 2.05) is 19.1 Å². The first kappa shape index (κ1) is 14.4. The van der Waals surface area contributed by atoms with E-state index >= 15 is 0 Å². The molecule has 0 saturated heterocycles. The summed E-state index contributed by atoms with van der Waals surface area (Å²) in [5, 5.41) is 10.7. The monoisotopic (exact) mass is 325 g/mol. The van der Waals surface area contributed by atoms with Crippen molar-refractivity contribution in [2.45, 2.75) is 25.9 Å². The van der Waals surface area contributed by atoms with Gasteiger partial charge in [0, 0.05) is 17.0 Å². The summed E-state index contributed by atoms with van der Waals surface area (Å²) in [7, 11) is 0. The highest BCUT2D eigenvalue weighted by Crippen LogP contribution is 2.41. The minimum absolute atomic E-state index is 0.0362. The van der Waals surface area contributed by atoms with Crippen LogP contribution in [0.15, 0.2) is 18.2 Å². The topological polar surface area (TPSA) is 59.4 Å². The van der Waals surface area contributed by atoms with E-state index in [1.165, 1.54) is 0 Å². The van der Waals surface area contributed by atoms with Crippen LogP contribution in [0, 0.1) is 12.8 Å². The first-order chi connectivity index (χ1) is 9.97. The fourth-order valence-corrected chi connectivity index (χ4v) is 2.84. The van der Waals surface area contributed by atoms with Crippen molar-refractivity contribution in [1.29, 1.82) is 0 Å². The van der Waals surface area contributed by atoms with Gasteiger partial charge in [-0.25, -0.2) is 9.78 Å². The normalized spacial score (nSPS) is 16.0. The number of carbonyl (C=O) groups is 1. The zero-order valence-electron chi connectivity index (χ0n) is 11.3. The molecule has 21 heavy (non-hydrogen) atoms. The fourth-order valence-electron chi connectivity index (χ4n) is 2.28. The van der Waals surface area contributed by atoms with Gasteiger partial charge in [-0.1, -0.05) is 23.2 Å². The minimum atomic E-state index is -0.982. The van der Waals surface area contributed by atoms with Crippen molar-refractivity contribution in [3.05, 3.63) is 33.9 Å². The predicted octanol–water partition coefficient (Wildman–Crippen LogP) is 4.09. The van der Waals surface area contributed by atoms with Crippen molar-refractivity contribution in [1.82, 2.24) is 4.98 Å². The highest BCUT2D eigenvalue weighted by atomic mass is 35.5. The van der Waals surface area contributed by atoms with Crippen LogP contribution >= 0.6 is 23.2 Å². The van der Waals surface area contributed by atoms with E-state index in [9.17, 15) is 9.90 Å². The third-order valence-electron chi connectivity index (χ3n) is 3.52. The molecule has 1 heterocycles. The van der Waals surface area contributed by atoms with E-state index in [1.54, 1.807) is 6.07 Å². The highest BCUT2D eigenvalue weighted by Gasteiger charge is 2.39. The van der Waals surface area contributed by atoms with Crippen molar-refractivity contribution >= 4 is 40.1 Å². The lowest BCUT2D eigenvalue weighted by atomic mass is 10.1. The number of hydrogen-bond acceptors (Lipinski definition) is 3. The molecular formula is C15H13Cl2NO3. The Morgan fingerprint density at radius 1 is 1.38 bits per heavy atom. The van der Waals surface area contributed by atoms with Crippen LogP contribution < -0.4 is 4.74 Å².